The maximum absolute atomic E-state index is 14.6. The summed E-state index contributed by atoms with van der Waals surface area (Å²) in [7, 11) is -3.87. The summed E-state index contributed by atoms with van der Waals surface area (Å²) in [6.45, 7) is 0.435. The Morgan fingerprint density at radius 3 is 2.57 bits per heavy atom. The summed E-state index contributed by atoms with van der Waals surface area (Å²) < 4.78 is 80.8. The van der Waals surface area contributed by atoms with Crippen LogP contribution in [0.4, 0.5) is 17.6 Å². The minimum Gasteiger partial charge on any atom is -0.382 e. The number of hydrogen-bond acceptors (Lipinski definition) is 4. The molecule has 0 saturated carbocycles. The van der Waals surface area contributed by atoms with Crippen molar-refractivity contribution in [2.75, 3.05) is 12.8 Å². The van der Waals surface area contributed by atoms with Crippen molar-refractivity contribution in [3.63, 3.8) is 0 Å². The second kappa shape index (κ2) is 6.27. The molecule has 4 rings (SSSR count). The van der Waals surface area contributed by atoms with Crippen LogP contribution in [0.5, 0.6) is 0 Å². The van der Waals surface area contributed by atoms with E-state index in [9.17, 15) is 31.1 Å². The van der Waals surface area contributed by atoms with E-state index >= 15 is 0 Å². The third-order valence-corrected chi connectivity index (χ3v) is 6.56. The molecular weight excluding hydrogens is 398 g/mol. The molecule has 1 aliphatic heterocycles. The first-order valence-corrected chi connectivity index (χ1v) is 10.5. The van der Waals surface area contributed by atoms with Gasteiger partial charge in [-0.25, -0.2) is 26.0 Å². The topological polar surface area (TPSA) is 66.4 Å². The standard InChI is InChI=1S/C19H17F4NO3S/c1-28(26,27)15-3-2-11(12-6-19(22,23)18(25)17(12)15)13-8-24-7-9-4-10(20)5-14(21)16(9)13/h2-5,13,18,24-25H,6-8H2,1H3/t13-,18-/m0/s1. The maximum Gasteiger partial charge on any atom is 0.281 e. The van der Waals surface area contributed by atoms with Gasteiger partial charge in [-0.05, 0) is 28.8 Å². The normalized spacial score (nSPS) is 23.4. The molecule has 0 unspecified atom stereocenters. The molecule has 150 valence electrons. The predicted octanol–water partition coefficient (Wildman–Crippen LogP) is 2.83. The lowest BCUT2D eigenvalue weighted by molar-refractivity contribution is -0.0976. The number of aliphatic hydroxyl groups excluding tert-OH is 1. The molecule has 2 aromatic carbocycles. The van der Waals surface area contributed by atoms with Crippen LogP contribution >= 0.6 is 0 Å². The van der Waals surface area contributed by atoms with Crippen LogP contribution in [0.1, 0.15) is 39.8 Å². The fourth-order valence-electron chi connectivity index (χ4n) is 4.24. The molecule has 2 aliphatic rings. The van der Waals surface area contributed by atoms with Crippen molar-refractivity contribution in [3.05, 3.63) is 63.7 Å². The van der Waals surface area contributed by atoms with E-state index in [1.807, 2.05) is 0 Å². The summed E-state index contributed by atoms with van der Waals surface area (Å²) in [6.07, 6.45) is -2.23. The molecule has 0 aromatic heterocycles. The van der Waals surface area contributed by atoms with Gasteiger partial charge in [-0.1, -0.05) is 6.07 Å². The fraction of sp³-hybridized carbons (Fsp3) is 0.368. The third kappa shape index (κ3) is 2.92. The molecule has 0 saturated heterocycles. The molecule has 2 N–H and O–H groups in total. The number of benzene rings is 2. The van der Waals surface area contributed by atoms with E-state index in [1.165, 1.54) is 18.2 Å². The van der Waals surface area contributed by atoms with E-state index in [1.54, 1.807) is 0 Å². The average Bonchev–Trinajstić information content (AvgIpc) is 2.82. The van der Waals surface area contributed by atoms with Gasteiger partial charge >= 0.3 is 0 Å². The summed E-state index contributed by atoms with van der Waals surface area (Å²) in [4.78, 5) is -0.362. The monoisotopic (exact) mass is 415 g/mol. The zero-order valence-electron chi connectivity index (χ0n) is 14.8. The van der Waals surface area contributed by atoms with Crippen molar-refractivity contribution in [1.82, 2.24) is 5.32 Å². The Kier molecular flexibility index (Phi) is 4.33. The number of halogens is 4. The molecular formula is C19H17F4NO3S. The maximum atomic E-state index is 14.6. The number of rotatable bonds is 2. The first-order valence-electron chi connectivity index (χ1n) is 8.61. The highest BCUT2D eigenvalue weighted by Gasteiger charge is 2.50. The Morgan fingerprint density at radius 1 is 1.18 bits per heavy atom. The number of alkyl halides is 2. The van der Waals surface area contributed by atoms with Crippen molar-refractivity contribution < 1.29 is 31.1 Å². The largest absolute Gasteiger partial charge is 0.382 e. The molecule has 1 heterocycles. The molecule has 0 radical (unpaired) electrons. The van der Waals surface area contributed by atoms with Crippen LogP contribution < -0.4 is 5.32 Å². The molecule has 2 aromatic rings. The van der Waals surface area contributed by atoms with Gasteiger partial charge in [0.25, 0.3) is 5.92 Å². The molecule has 2 atom stereocenters. The fourth-order valence-corrected chi connectivity index (χ4v) is 5.19. The van der Waals surface area contributed by atoms with Gasteiger partial charge in [-0.15, -0.1) is 0 Å². The summed E-state index contributed by atoms with van der Waals surface area (Å²) >= 11 is 0. The zero-order valence-corrected chi connectivity index (χ0v) is 15.6. The first kappa shape index (κ1) is 19.4. The Balaban J connectivity index is 1.96. The molecule has 28 heavy (non-hydrogen) atoms. The molecule has 0 bridgehead atoms. The Labute approximate surface area is 159 Å². The smallest absolute Gasteiger partial charge is 0.281 e. The number of fused-ring (bicyclic) bond motifs is 2. The van der Waals surface area contributed by atoms with Crippen LogP contribution in [-0.2, 0) is 22.8 Å². The summed E-state index contributed by atoms with van der Waals surface area (Å²) in [5, 5.41) is 13.1. The Hall–Kier alpha value is -1.97. The SMILES string of the molecule is CS(=O)(=O)c1ccc([C@@H]2CNCc3cc(F)cc(F)c32)c2c1[C@H](O)C(F)(F)C2. The highest BCUT2D eigenvalue weighted by molar-refractivity contribution is 7.90. The summed E-state index contributed by atoms with van der Waals surface area (Å²) in [6, 6.07) is 4.48. The van der Waals surface area contributed by atoms with Crippen molar-refractivity contribution in [2.45, 2.75) is 35.8 Å². The van der Waals surface area contributed by atoms with Gasteiger partial charge in [0, 0.05) is 48.9 Å². The number of aliphatic hydroxyl groups is 1. The molecule has 1 aliphatic carbocycles. The Morgan fingerprint density at radius 2 is 1.89 bits per heavy atom. The van der Waals surface area contributed by atoms with Gasteiger partial charge in [-0.2, -0.15) is 0 Å². The lowest BCUT2D eigenvalue weighted by Crippen LogP contribution is -2.30. The highest BCUT2D eigenvalue weighted by Crippen LogP contribution is 2.49. The summed E-state index contributed by atoms with van der Waals surface area (Å²) in [5.74, 6) is -5.77. The lowest BCUT2D eigenvalue weighted by atomic mass is 9.82. The van der Waals surface area contributed by atoms with E-state index in [0.29, 0.717) is 11.1 Å². The van der Waals surface area contributed by atoms with E-state index < -0.39 is 45.8 Å². The van der Waals surface area contributed by atoms with Gasteiger partial charge < -0.3 is 10.4 Å². The van der Waals surface area contributed by atoms with Gasteiger partial charge in [0.15, 0.2) is 9.84 Å². The van der Waals surface area contributed by atoms with Gasteiger partial charge in [0.1, 0.15) is 17.7 Å². The van der Waals surface area contributed by atoms with Crippen molar-refractivity contribution >= 4 is 9.84 Å². The van der Waals surface area contributed by atoms with Gasteiger partial charge in [-0.3, -0.25) is 0 Å². The van der Waals surface area contributed by atoms with Crippen molar-refractivity contribution in [2.24, 2.45) is 0 Å². The quantitative estimate of drug-likeness (QED) is 0.741. The Bertz CT molecular complexity index is 1090. The number of sulfone groups is 1. The molecule has 9 heteroatoms. The molecule has 0 fully saturated rings. The van der Waals surface area contributed by atoms with Crippen LogP contribution in [0.2, 0.25) is 0 Å². The first-order chi connectivity index (χ1) is 13.0. The second-order valence-corrected chi connectivity index (χ2v) is 9.29. The average molecular weight is 415 g/mol. The van der Waals surface area contributed by atoms with Crippen LogP contribution in [0.25, 0.3) is 0 Å². The van der Waals surface area contributed by atoms with Crippen LogP contribution in [-0.4, -0.2) is 32.2 Å². The molecule has 0 amide bonds. The van der Waals surface area contributed by atoms with E-state index in [0.717, 1.165) is 12.3 Å². The second-order valence-electron chi connectivity index (χ2n) is 7.30. The third-order valence-electron chi connectivity index (χ3n) is 5.41. The van der Waals surface area contributed by atoms with Crippen LogP contribution in [0.15, 0.2) is 29.2 Å². The van der Waals surface area contributed by atoms with Gasteiger partial charge in [0.05, 0.1) is 4.90 Å². The predicted molar refractivity (Wildman–Crippen MR) is 93.1 cm³/mol. The minimum atomic E-state index is -3.87. The van der Waals surface area contributed by atoms with E-state index in [2.05, 4.69) is 5.32 Å². The van der Waals surface area contributed by atoms with Crippen LogP contribution in [0.3, 0.4) is 0 Å². The van der Waals surface area contributed by atoms with E-state index in [4.69, 9.17) is 0 Å². The lowest BCUT2D eigenvalue weighted by Gasteiger charge is -2.29. The minimum absolute atomic E-state index is 0.00352. The number of hydrogen-bond donors (Lipinski definition) is 2. The highest BCUT2D eigenvalue weighted by atomic mass is 32.2. The van der Waals surface area contributed by atoms with Crippen molar-refractivity contribution in [1.29, 1.82) is 0 Å². The van der Waals surface area contributed by atoms with Crippen LogP contribution in [0, 0.1) is 11.6 Å². The van der Waals surface area contributed by atoms with Crippen molar-refractivity contribution in [3.8, 4) is 0 Å². The summed E-state index contributed by atoms with van der Waals surface area (Å²) in [5.41, 5.74) is 0.542. The van der Waals surface area contributed by atoms with E-state index in [-0.39, 0.29) is 34.7 Å². The zero-order chi connectivity index (χ0) is 20.4. The van der Waals surface area contributed by atoms with Gasteiger partial charge in [0.2, 0.25) is 0 Å². The molecule has 4 nitrogen and oxygen atoms in total. The molecule has 0 spiro atoms. The number of nitrogens with one attached hydrogen (secondary N) is 1.